The number of esters is 1. The minimum atomic E-state index is -0.341. The van der Waals surface area contributed by atoms with Crippen LogP contribution in [0.4, 0.5) is 0 Å². The first kappa shape index (κ1) is 9.74. The molecule has 0 amide bonds. The first-order valence-corrected chi connectivity index (χ1v) is 4.02. The van der Waals surface area contributed by atoms with E-state index in [0.29, 0.717) is 17.7 Å². The second-order valence-electron chi connectivity index (χ2n) is 2.47. The van der Waals surface area contributed by atoms with Gasteiger partial charge in [-0.15, -0.1) is 0 Å². The molecule has 3 heteroatoms. The second kappa shape index (κ2) is 4.62. The maximum Gasteiger partial charge on any atom is 0.338 e. The average molecular weight is 179 g/mol. The Kier molecular flexibility index (Phi) is 3.46. The highest BCUT2D eigenvalue weighted by molar-refractivity contribution is 5.89. The number of rotatable bonds is 3. The fourth-order valence-corrected chi connectivity index (χ4v) is 0.920. The maximum absolute atomic E-state index is 11.1. The molecule has 0 atom stereocenters. The van der Waals surface area contributed by atoms with Crippen LogP contribution in [-0.4, -0.2) is 17.7 Å². The zero-order valence-electron chi connectivity index (χ0n) is 7.36. The molecule has 0 unspecified atom stereocenters. The number of aliphatic hydroxyl groups is 1. The number of hydrogen-bond acceptors (Lipinski definition) is 3. The zero-order valence-corrected chi connectivity index (χ0v) is 7.36. The monoisotopic (exact) mass is 179 g/mol. The van der Waals surface area contributed by atoms with Gasteiger partial charge in [0.2, 0.25) is 0 Å². The molecule has 1 N–H and O–H groups in total. The smallest absolute Gasteiger partial charge is 0.338 e. The fourth-order valence-electron chi connectivity index (χ4n) is 0.920. The van der Waals surface area contributed by atoms with Crippen LogP contribution in [0.15, 0.2) is 24.3 Å². The van der Waals surface area contributed by atoms with Crippen LogP contribution in [0.1, 0.15) is 22.8 Å². The van der Waals surface area contributed by atoms with E-state index in [0.717, 1.165) is 6.61 Å². The second-order valence-corrected chi connectivity index (χ2v) is 2.47. The summed E-state index contributed by atoms with van der Waals surface area (Å²) in [5.74, 6) is -0.341. The molecule has 1 aromatic carbocycles. The molecule has 0 aliphatic carbocycles. The van der Waals surface area contributed by atoms with Gasteiger partial charge in [0.25, 0.3) is 0 Å². The third-order valence-corrected chi connectivity index (χ3v) is 1.57. The van der Waals surface area contributed by atoms with E-state index in [9.17, 15) is 4.79 Å². The summed E-state index contributed by atoms with van der Waals surface area (Å²) in [6.45, 7) is 3.11. The molecule has 0 spiro atoms. The SMILES string of the molecule is CCOC(=O)c1ccc([CH]O)cc1. The van der Waals surface area contributed by atoms with Crippen LogP contribution in [0.25, 0.3) is 0 Å². The van der Waals surface area contributed by atoms with Gasteiger partial charge in [-0.3, -0.25) is 0 Å². The lowest BCUT2D eigenvalue weighted by atomic mass is 10.1. The number of ether oxygens (including phenoxy) is 1. The summed E-state index contributed by atoms with van der Waals surface area (Å²) < 4.78 is 4.79. The van der Waals surface area contributed by atoms with Crippen LogP contribution in [-0.2, 0) is 4.74 Å². The highest BCUT2D eigenvalue weighted by Gasteiger charge is 2.04. The summed E-state index contributed by atoms with van der Waals surface area (Å²) in [5, 5.41) is 8.63. The molecule has 1 aromatic rings. The third kappa shape index (κ3) is 2.56. The maximum atomic E-state index is 11.1. The molecule has 69 valence electrons. The van der Waals surface area contributed by atoms with Crippen molar-refractivity contribution < 1.29 is 14.6 Å². The van der Waals surface area contributed by atoms with Gasteiger partial charge in [0.15, 0.2) is 0 Å². The van der Waals surface area contributed by atoms with E-state index in [1.807, 2.05) is 0 Å². The van der Waals surface area contributed by atoms with Crippen molar-refractivity contribution in [2.24, 2.45) is 0 Å². The van der Waals surface area contributed by atoms with Gasteiger partial charge in [-0.05, 0) is 24.6 Å². The Morgan fingerprint density at radius 3 is 2.54 bits per heavy atom. The minimum absolute atomic E-state index is 0.341. The summed E-state index contributed by atoms with van der Waals surface area (Å²) in [5.41, 5.74) is 1.15. The summed E-state index contributed by atoms with van der Waals surface area (Å²) >= 11 is 0. The summed E-state index contributed by atoms with van der Waals surface area (Å²) in [4.78, 5) is 11.1. The van der Waals surface area contributed by atoms with E-state index in [1.54, 1.807) is 31.2 Å². The predicted octanol–water partition coefficient (Wildman–Crippen LogP) is 1.75. The van der Waals surface area contributed by atoms with E-state index in [1.165, 1.54) is 0 Å². The van der Waals surface area contributed by atoms with Crippen LogP contribution in [0.2, 0.25) is 0 Å². The molecular formula is C10H11O3. The van der Waals surface area contributed by atoms with E-state index in [4.69, 9.17) is 9.84 Å². The fraction of sp³-hybridized carbons (Fsp3) is 0.200. The summed E-state index contributed by atoms with van der Waals surface area (Å²) in [7, 11) is 0. The molecule has 0 heterocycles. The molecule has 13 heavy (non-hydrogen) atoms. The molecule has 1 radical (unpaired) electrons. The molecule has 0 bridgehead atoms. The normalized spacial score (nSPS) is 9.69. The number of benzene rings is 1. The van der Waals surface area contributed by atoms with E-state index < -0.39 is 0 Å². The van der Waals surface area contributed by atoms with Crippen LogP contribution in [0.5, 0.6) is 0 Å². The number of carbonyl (C=O) groups is 1. The molecule has 3 nitrogen and oxygen atoms in total. The van der Waals surface area contributed by atoms with Gasteiger partial charge >= 0.3 is 5.97 Å². The highest BCUT2D eigenvalue weighted by Crippen LogP contribution is 2.06. The topological polar surface area (TPSA) is 46.5 Å². The third-order valence-electron chi connectivity index (χ3n) is 1.57. The predicted molar refractivity (Wildman–Crippen MR) is 47.7 cm³/mol. The lowest BCUT2D eigenvalue weighted by Crippen LogP contribution is -2.04. The first-order chi connectivity index (χ1) is 6.27. The summed E-state index contributed by atoms with van der Waals surface area (Å²) in [6, 6.07) is 6.51. The van der Waals surface area contributed by atoms with Crippen molar-refractivity contribution in [3.8, 4) is 0 Å². The molecule has 0 aliphatic heterocycles. The minimum Gasteiger partial charge on any atom is -0.462 e. The quantitative estimate of drug-likeness (QED) is 0.719. The Bertz CT molecular complexity index is 277. The Morgan fingerprint density at radius 1 is 1.46 bits per heavy atom. The van der Waals surface area contributed by atoms with Gasteiger partial charge in [0.05, 0.1) is 12.2 Å². The van der Waals surface area contributed by atoms with Crippen LogP contribution in [0, 0.1) is 6.61 Å². The van der Waals surface area contributed by atoms with Crippen molar-refractivity contribution in [1.82, 2.24) is 0 Å². The molecule has 0 aromatic heterocycles. The van der Waals surface area contributed by atoms with Crippen molar-refractivity contribution in [3.63, 3.8) is 0 Å². The number of aliphatic hydroxyl groups excluding tert-OH is 1. The van der Waals surface area contributed by atoms with Gasteiger partial charge in [0.1, 0.15) is 6.61 Å². The van der Waals surface area contributed by atoms with Crippen molar-refractivity contribution in [3.05, 3.63) is 42.0 Å². The molecule has 0 fully saturated rings. The van der Waals surface area contributed by atoms with Crippen molar-refractivity contribution in [2.75, 3.05) is 6.61 Å². The Hall–Kier alpha value is -1.35. The molecule has 0 saturated carbocycles. The lowest BCUT2D eigenvalue weighted by molar-refractivity contribution is 0.0526. The zero-order chi connectivity index (χ0) is 9.68. The molecule has 1 rings (SSSR count). The highest BCUT2D eigenvalue weighted by atomic mass is 16.5. The number of hydrogen-bond donors (Lipinski definition) is 1. The Morgan fingerprint density at radius 2 is 2.08 bits per heavy atom. The van der Waals surface area contributed by atoms with Gasteiger partial charge < -0.3 is 9.84 Å². The van der Waals surface area contributed by atoms with Gasteiger partial charge in [-0.1, -0.05) is 12.1 Å². The van der Waals surface area contributed by atoms with Crippen LogP contribution < -0.4 is 0 Å². The van der Waals surface area contributed by atoms with Gasteiger partial charge in [0, 0.05) is 0 Å². The molecule has 0 saturated heterocycles. The van der Waals surface area contributed by atoms with Crippen LogP contribution in [0.3, 0.4) is 0 Å². The van der Waals surface area contributed by atoms with Gasteiger partial charge in [-0.2, -0.15) is 0 Å². The standard InChI is InChI=1S/C10H11O3/c1-2-13-10(12)9-5-3-8(7-11)4-6-9/h3-7,11H,2H2,1H3. The molecule has 0 aliphatic rings. The van der Waals surface area contributed by atoms with Crippen molar-refractivity contribution >= 4 is 5.97 Å². The van der Waals surface area contributed by atoms with Gasteiger partial charge in [-0.25, -0.2) is 4.79 Å². The van der Waals surface area contributed by atoms with E-state index in [2.05, 4.69) is 0 Å². The Labute approximate surface area is 77.0 Å². The van der Waals surface area contributed by atoms with E-state index in [-0.39, 0.29) is 5.97 Å². The Balaban J connectivity index is 2.74. The van der Waals surface area contributed by atoms with Crippen molar-refractivity contribution in [1.29, 1.82) is 0 Å². The molecular weight excluding hydrogens is 168 g/mol. The van der Waals surface area contributed by atoms with E-state index >= 15 is 0 Å². The van der Waals surface area contributed by atoms with Crippen molar-refractivity contribution in [2.45, 2.75) is 6.92 Å². The van der Waals surface area contributed by atoms with Crippen LogP contribution >= 0.6 is 0 Å². The summed E-state index contributed by atoms with van der Waals surface area (Å²) in [6.07, 6.45) is 0. The lowest BCUT2D eigenvalue weighted by Gasteiger charge is -2.01. The number of carbonyl (C=O) groups excluding carboxylic acids is 1. The average Bonchev–Trinajstić information content (AvgIpc) is 2.18. The first-order valence-electron chi connectivity index (χ1n) is 4.02. The largest absolute Gasteiger partial charge is 0.462 e.